The molecule has 0 radical (unpaired) electrons. The number of aliphatic imine (C=N–C) groups is 1. The van der Waals surface area contributed by atoms with Crippen LogP contribution in [0.1, 0.15) is 20.8 Å². The molecule has 3 aliphatic rings. The van der Waals surface area contributed by atoms with Gasteiger partial charge >= 0.3 is 0 Å². The summed E-state index contributed by atoms with van der Waals surface area (Å²) in [5, 5.41) is 0. The van der Waals surface area contributed by atoms with Crippen molar-refractivity contribution in [3.05, 3.63) is 24.4 Å². The van der Waals surface area contributed by atoms with E-state index in [0.29, 0.717) is 5.82 Å². The molecule has 0 amide bonds. The van der Waals surface area contributed by atoms with Gasteiger partial charge in [-0.3, -0.25) is 0 Å². The molecule has 3 aliphatic heterocycles. The van der Waals surface area contributed by atoms with E-state index in [1.165, 1.54) is 11.1 Å². The van der Waals surface area contributed by atoms with Crippen molar-refractivity contribution in [1.29, 1.82) is 0 Å². The molecule has 2 fully saturated rings. The van der Waals surface area contributed by atoms with Crippen LogP contribution in [0.2, 0.25) is 0 Å². The normalized spacial score (nSPS) is 39.6. The zero-order valence-corrected chi connectivity index (χ0v) is 11.7. The van der Waals surface area contributed by atoms with Crippen LogP contribution in [0.3, 0.4) is 0 Å². The largest absolute Gasteiger partial charge is 0.381 e. The highest BCUT2D eigenvalue weighted by Crippen LogP contribution is 2.41. The van der Waals surface area contributed by atoms with Gasteiger partial charge in [0.2, 0.25) is 0 Å². The predicted octanol–water partition coefficient (Wildman–Crippen LogP) is 1.21. The van der Waals surface area contributed by atoms with Crippen molar-refractivity contribution in [2.75, 3.05) is 0 Å². The fourth-order valence-corrected chi connectivity index (χ4v) is 2.73. The van der Waals surface area contributed by atoms with Crippen LogP contribution in [-0.4, -0.2) is 41.1 Å². The number of hydrogen-bond acceptors (Lipinski definition) is 6. The molecule has 20 heavy (non-hydrogen) atoms. The highest BCUT2D eigenvalue weighted by Gasteiger charge is 2.55. The Bertz CT molecular complexity index is 517. The van der Waals surface area contributed by atoms with Gasteiger partial charge in [-0.1, -0.05) is 6.58 Å². The summed E-state index contributed by atoms with van der Waals surface area (Å²) in [7, 11) is 0. The Kier molecular flexibility index (Phi) is 2.89. The number of fused-ring (bicyclic) bond motifs is 1. The molecule has 3 heterocycles. The molecule has 0 aliphatic carbocycles. The summed E-state index contributed by atoms with van der Waals surface area (Å²) in [6, 6.07) is 0. The number of ether oxygens (including phenoxy) is 3. The first-order chi connectivity index (χ1) is 9.28. The predicted molar refractivity (Wildman–Crippen MR) is 70.0 cm³/mol. The summed E-state index contributed by atoms with van der Waals surface area (Å²) in [5.41, 5.74) is 5.43. The second kappa shape index (κ2) is 4.28. The van der Waals surface area contributed by atoms with Gasteiger partial charge in [0.05, 0.1) is 6.10 Å². The maximum atomic E-state index is 13.6. The van der Waals surface area contributed by atoms with E-state index in [-0.39, 0.29) is 24.1 Å². The average molecular weight is 283 g/mol. The number of hydrogen-bond donors (Lipinski definition) is 1. The average Bonchev–Trinajstić information content (AvgIpc) is 2.80. The third-order valence-corrected chi connectivity index (χ3v) is 3.58. The topological polar surface area (TPSA) is 69.3 Å². The molecule has 2 saturated heterocycles. The van der Waals surface area contributed by atoms with Gasteiger partial charge in [0.25, 0.3) is 0 Å². The first kappa shape index (κ1) is 13.5. The van der Waals surface area contributed by atoms with Crippen molar-refractivity contribution < 1.29 is 18.6 Å². The Balaban J connectivity index is 1.87. The summed E-state index contributed by atoms with van der Waals surface area (Å²) in [4.78, 5) is 5.37. The standard InChI is InChI=1S/C13H18FN3O3/c1-6-9-10(20-13(3,4)19-9)12(18-6)17-5-8(14)11(15)16-7(17)2/h5-6,9-10,12H,2H2,1,3-4H3,(H2,15,16)/t6-,9-,10?,12-/m1/s1. The van der Waals surface area contributed by atoms with E-state index in [4.69, 9.17) is 19.9 Å². The van der Waals surface area contributed by atoms with Gasteiger partial charge in [-0.05, 0) is 20.8 Å². The second-order valence-electron chi connectivity index (χ2n) is 5.59. The van der Waals surface area contributed by atoms with Crippen LogP contribution in [0.5, 0.6) is 0 Å². The lowest BCUT2D eigenvalue weighted by atomic mass is 10.1. The minimum atomic E-state index is -0.687. The molecule has 7 heteroatoms. The van der Waals surface area contributed by atoms with E-state index >= 15 is 0 Å². The van der Waals surface area contributed by atoms with E-state index in [1.54, 1.807) is 0 Å². The van der Waals surface area contributed by atoms with Crippen LogP contribution in [0.4, 0.5) is 4.39 Å². The third kappa shape index (κ3) is 2.02. The Morgan fingerprint density at radius 2 is 2.05 bits per heavy atom. The second-order valence-corrected chi connectivity index (χ2v) is 5.59. The molecule has 0 bridgehead atoms. The molecule has 0 spiro atoms. The molecule has 0 aromatic heterocycles. The Morgan fingerprint density at radius 1 is 1.40 bits per heavy atom. The minimum absolute atomic E-state index is 0.167. The minimum Gasteiger partial charge on any atom is -0.381 e. The molecule has 6 nitrogen and oxygen atoms in total. The Hall–Kier alpha value is -1.44. The first-order valence-corrected chi connectivity index (χ1v) is 6.49. The van der Waals surface area contributed by atoms with E-state index in [2.05, 4.69) is 11.6 Å². The van der Waals surface area contributed by atoms with Crippen molar-refractivity contribution in [2.24, 2.45) is 10.7 Å². The lowest BCUT2D eigenvalue weighted by Gasteiger charge is -2.32. The van der Waals surface area contributed by atoms with Gasteiger partial charge in [0.15, 0.2) is 23.7 Å². The number of rotatable bonds is 1. The lowest BCUT2D eigenvalue weighted by Crippen LogP contribution is -2.42. The molecule has 0 aromatic carbocycles. The molecule has 0 saturated carbocycles. The monoisotopic (exact) mass is 283 g/mol. The summed E-state index contributed by atoms with van der Waals surface area (Å²) >= 11 is 0. The van der Waals surface area contributed by atoms with Crippen LogP contribution in [0.25, 0.3) is 0 Å². The van der Waals surface area contributed by atoms with Gasteiger partial charge in [0, 0.05) is 6.20 Å². The lowest BCUT2D eigenvalue weighted by molar-refractivity contribution is -0.197. The van der Waals surface area contributed by atoms with E-state index in [1.807, 2.05) is 20.8 Å². The van der Waals surface area contributed by atoms with E-state index in [9.17, 15) is 4.39 Å². The molecule has 3 rings (SSSR count). The van der Waals surface area contributed by atoms with Crippen molar-refractivity contribution in [2.45, 2.75) is 51.1 Å². The molecular weight excluding hydrogens is 265 g/mol. The maximum Gasteiger partial charge on any atom is 0.181 e. The molecule has 110 valence electrons. The van der Waals surface area contributed by atoms with Gasteiger partial charge in [0.1, 0.15) is 18.0 Å². The van der Waals surface area contributed by atoms with E-state index < -0.39 is 17.8 Å². The molecular formula is C13H18FN3O3. The zero-order valence-electron chi connectivity index (χ0n) is 11.7. The molecule has 1 unspecified atom stereocenters. The highest BCUT2D eigenvalue weighted by atomic mass is 19.1. The summed E-state index contributed by atoms with van der Waals surface area (Å²) in [5.74, 6) is -1.17. The molecule has 4 atom stereocenters. The Morgan fingerprint density at radius 3 is 2.75 bits per heavy atom. The number of amidine groups is 1. The summed E-state index contributed by atoms with van der Waals surface area (Å²) in [6.45, 7) is 9.35. The van der Waals surface area contributed by atoms with Gasteiger partial charge in [-0.15, -0.1) is 0 Å². The Labute approximate surface area is 116 Å². The maximum absolute atomic E-state index is 13.6. The zero-order chi connectivity index (χ0) is 14.7. The third-order valence-electron chi connectivity index (χ3n) is 3.58. The number of nitrogens with zero attached hydrogens (tertiary/aromatic N) is 2. The van der Waals surface area contributed by atoms with Crippen LogP contribution >= 0.6 is 0 Å². The van der Waals surface area contributed by atoms with Gasteiger partial charge < -0.3 is 24.8 Å². The van der Waals surface area contributed by atoms with Crippen molar-refractivity contribution >= 4 is 5.84 Å². The summed E-state index contributed by atoms with van der Waals surface area (Å²) in [6.07, 6.45) is -0.0111. The van der Waals surface area contributed by atoms with Gasteiger partial charge in [-0.2, -0.15) is 0 Å². The fourth-order valence-electron chi connectivity index (χ4n) is 2.73. The number of halogens is 1. The van der Waals surface area contributed by atoms with Crippen molar-refractivity contribution in [3.8, 4) is 0 Å². The highest BCUT2D eigenvalue weighted by molar-refractivity contribution is 5.96. The summed E-state index contributed by atoms with van der Waals surface area (Å²) < 4.78 is 31.1. The van der Waals surface area contributed by atoms with Crippen LogP contribution in [0.15, 0.2) is 29.4 Å². The van der Waals surface area contributed by atoms with E-state index in [0.717, 1.165) is 0 Å². The van der Waals surface area contributed by atoms with Crippen LogP contribution in [-0.2, 0) is 14.2 Å². The van der Waals surface area contributed by atoms with Crippen LogP contribution in [0, 0.1) is 0 Å². The SMILES string of the molecule is C=C1N=C(N)C(F)=CN1[C@@H]1O[C@H](C)[C@H]2OC(C)(C)OC12. The quantitative estimate of drug-likeness (QED) is 0.783. The van der Waals surface area contributed by atoms with Crippen molar-refractivity contribution in [3.63, 3.8) is 0 Å². The number of nitrogens with two attached hydrogens (primary N) is 1. The van der Waals surface area contributed by atoms with Crippen molar-refractivity contribution in [1.82, 2.24) is 4.90 Å². The fraction of sp³-hybridized carbons (Fsp3) is 0.615. The van der Waals surface area contributed by atoms with Gasteiger partial charge in [-0.25, -0.2) is 9.38 Å². The first-order valence-electron chi connectivity index (χ1n) is 6.49. The molecule has 2 N–H and O–H groups in total. The smallest absolute Gasteiger partial charge is 0.181 e. The van der Waals surface area contributed by atoms with Crippen LogP contribution < -0.4 is 5.73 Å². The molecule has 0 aromatic rings.